The van der Waals surface area contributed by atoms with E-state index >= 15 is 0 Å². The predicted molar refractivity (Wildman–Crippen MR) is 116 cm³/mol. The first-order chi connectivity index (χ1) is 13.9. The van der Waals surface area contributed by atoms with E-state index in [0.717, 1.165) is 17.0 Å². The molecule has 3 rings (SSSR count). The SMILES string of the molecule is Cc1ccccc1-c1nnc(SCC(=O)c2ccc(NC(=O)C(C)C)cc2)n1C. The highest BCUT2D eigenvalue weighted by atomic mass is 32.2. The molecule has 0 radical (unpaired) electrons. The summed E-state index contributed by atoms with van der Waals surface area (Å²) in [6.07, 6.45) is 0. The lowest BCUT2D eigenvalue weighted by Gasteiger charge is -2.08. The monoisotopic (exact) mass is 408 g/mol. The fourth-order valence-corrected chi connectivity index (χ4v) is 3.54. The van der Waals surface area contributed by atoms with Gasteiger partial charge in [0, 0.05) is 29.8 Å². The van der Waals surface area contributed by atoms with Gasteiger partial charge in [-0.25, -0.2) is 0 Å². The first-order valence-corrected chi connectivity index (χ1v) is 10.4. The van der Waals surface area contributed by atoms with Gasteiger partial charge in [0.2, 0.25) is 5.91 Å². The molecule has 6 nitrogen and oxygen atoms in total. The number of nitrogens with zero attached hydrogens (tertiary/aromatic N) is 3. The molecule has 0 atom stereocenters. The van der Waals surface area contributed by atoms with E-state index in [0.29, 0.717) is 16.4 Å². The molecule has 0 aliphatic heterocycles. The van der Waals surface area contributed by atoms with E-state index in [1.165, 1.54) is 11.8 Å². The Morgan fingerprint density at radius 3 is 2.41 bits per heavy atom. The van der Waals surface area contributed by atoms with Crippen LogP contribution in [0.2, 0.25) is 0 Å². The van der Waals surface area contributed by atoms with Gasteiger partial charge in [0.05, 0.1) is 5.75 Å². The Morgan fingerprint density at radius 1 is 1.07 bits per heavy atom. The number of aryl methyl sites for hydroxylation is 1. The lowest BCUT2D eigenvalue weighted by molar-refractivity contribution is -0.118. The van der Waals surface area contributed by atoms with Crippen molar-refractivity contribution < 1.29 is 9.59 Å². The number of carbonyl (C=O) groups is 2. The summed E-state index contributed by atoms with van der Waals surface area (Å²) in [4.78, 5) is 24.3. The molecule has 2 aromatic carbocycles. The fraction of sp³-hybridized carbons (Fsp3) is 0.273. The molecule has 7 heteroatoms. The van der Waals surface area contributed by atoms with Gasteiger partial charge in [-0.15, -0.1) is 10.2 Å². The van der Waals surface area contributed by atoms with Gasteiger partial charge in [0.1, 0.15) is 0 Å². The number of hydrogen-bond donors (Lipinski definition) is 1. The van der Waals surface area contributed by atoms with Crippen LogP contribution in [0.4, 0.5) is 5.69 Å². The van der Waals surface area contributed by atoms with E-state index in [4.69, 9.17) is 0 Å². The number of thioether (sulfide) groups is 1. The number of Topliss-reactive ketones (excluding diaryl/α,β-unsaturated/α-hetero) is 1. The van der Waals surface area contributed by atoms with Gasteiger partial charge in [0.25, 0.3) is 0 Å². The number of anilines is 1. The van der Waals surface area contributed by atoms with Gasteiger partial charge >= 0.3 is 0 Å². The Kier molecular flexibility index (Phi) is 6.49. The van der Waals surface area contributed by atoms with E-state index in [-0.39, 0.29) is 23.4 Å². The molecular weight excluding hydrogens is 384 g/mol. The minimum atomic E-state index is -0.0938. The highest BCUT2D eigenvalue weighted by molar-refractivity contribution is 7.99. The maximum atomic E-state index is 12.5. The number of amides is 1. The number of nitrogens with one attached hydrogen (secondary N) is 1. The molecule has 0 fully saturated rings. The smallest absolute Gasteiger partial charge is 0.226 e. The molecule has 0 saturated carbocycles. The summed E-state index contributed by atoms with van der Waals surface area (Å²) in [7, 11) is 1.90. The quantitative estimate of drug-likeness (QED) is 0.464. The van der Waals surface area contributed by atoms with Crippen molar-refractivity contribution in [2.75, 3.05) is 11.1 Å². The zero-order valence-electron chi connectivity index (χ0n) is 17.0. The van der Waals surface area contributed by atoms with Gasteiger partial charge in [-0.3, -0.25) is 9.59 Å². The summed E-state index contributed by atoms with van der Waals surface area (Å²) in [5, 5.41) is 12.0. The predicted octanol–water partition coefficient (Wildman–Crippen LogP) is 4.36. The summed E-state index contributed by atoms with van der Waals surface area (Å²) >= 11 is 1.36. The number of carbonyl (C=O) groups excluding carboxylic acids is 2. The van der Waals surface area contributed by atoms with Crippen molar-refractivity contribution in [3.05, 3.63) is 59.7 Å². The molecule has 29 heavy (non-hydrogen) atoms. The average molecular weight is 409 g/mol. The maximum absolute atomic E-state index is 12.5. The van der Waals surface area contributed by atoms with Crippen LogP contribution >= 0.6 is 11.8 Å². The van der Waals surface area contributed by atoms with Crippen molar-refractivity contribution in [3.8, 4) is 11.4 Å². The van der Waals surface area contributed by atoms with E-state index in [9.17, 15) is 9.59 Å². The molecule has 1 N–H and O–H groups in total. The molecule has 3 aromatic rings. The lowest BCUT2D eigenvalue weighted by atomic mass is 10.1. The van der Waals surface area contributed by atoms with Crippen molar-refractivity contribution >= 4 is 29.1 Å². The molecule has 0 bridgehead atoms. The summed E-state index contributed by atoms with van der Waals surface area (Å²) in [6.45, 7) is 5.70. The zero-order valence-corrected chi connectivity index (χ0v) is 17.8. The Labute approximate surface area is 174 Å². The Hall–Kier alpha value is -2.93. The third-order valence-electron chi connectivity index (χ3n) is 4.55. The largest absolute Gasteiger partial charge is 0.326 e. The van der Waals surface area contributed by atoms with Crippen LogP contribution in [0.3, 0.4) is 0 Å². The van der Waals surface area contributed by atoms with Gasteiger partial charge in [-0.2, -0.15) is 0 Å². The van der Waals surface area contributed by atoms with Crippen LogP contribution in [0.5, 0.6) is 0 Å². The van der Waals surface area contributed by atoms with E-state index in [1.807, 2.05) is 56.7 Å². The number of hydrogen-bond acceptors (Lipinski definition) is 5. The first kappa shape index (κ1) is 20.8. The maximum Gasteiger partial charge on any atom is 0.226 e. The van der Waals surface area contributed by atoms with E-state index < -0.39 is 0 Å². The van der Waals surface area contributed by atoms with Crippen LogP contribution in [0, 0.1) is 12.8 Å². The molecule has 1 heterocycles. The summed E-state index contributed by atoms with van der Waals surface area (Å²) in [5.74, 6) is 0.896. The molecule has 0 aliphatic carbocycles. The molecule has 0 unspecified atom stereocenters. The van der Waals surface area contributed by atoms with Crippen LogP contribution in [-0.4, -0.2) is 32.2 Å². The lowest BCUT2D eigenvalue weighted by Crippen LogP contribution is -2.17. The summed E-state index contributed by atoms with van der Waals surface area (Å²) in [6, 6.07) is 15.0. The highest BCUT2D eigenvalue weighted by Gasteiger charge is 2.15. The van der Waals surface area contributed by atoms with Crippen LogP contribution in [-0.2, 0) is 11.8 Å². The summed E-state index contributed by atoms with van der Waals surface area (Å²) in [5.41, 5.74) is 3.44. The average Bonchev–Trinajstić information content (AvgIpc) is 3.07. The summed E-state index contributed by atoms with van der Waals surface area (Å²) < 4.78 is 1.91. The zero-order chi connectivity index (χ0) is 21.0. The van der Waals surface area contributed by atoms with Crippen LogP contribution < -0.4 is 5.32 Å². The van der Waals surface area contributed by atoms with Crippen molar-refractivity contribution in [3.63, 3.8) is 0 Å². The minimum absolute atomic E-state index is 0.00261. The van der Waals surface area contributed by atoms with E-state index in [2.05, 4.69) is 15.5 Å². The second-order valence-electron chi connectivity index (χ2n) is 7.11. The van der Waals surface area contributed by atoms with Crippen LogP contribution in [0.25, 0.3) is 11.4 Å². The van der Waals surface area contributed by atoms with Crippen LogP contribution in [0.15, 0.2) is 53.7 Å². The highest BCUT2D eigenvalue weighted by Crippen LogP contribution is 2.25. The minimum Gasteiger partial charge on any atom is -0.326 e. The van der Waals surface area contributed by atoms with Crippen molar-refractivity contribution in [2.24, 2.45) is 13.0 Å². The molecule has 1 aromatic heterocycles. The van der Waals surface area contributed by atoms with Crippen molar-refractivity contribution in [1.29, 1.82) is 0 Å². The topological polar surface area (TPSA) is 76.9 Å². The molecule has 0 spiro atoms. The molecular formula is C22H24N4O2S. The number of benzene rings is 2. The van der Waals surface area contributed by atoms with Gasteiger partial charge in [-0.1, -0.05) is 49.9 Å². The fourth-order valence-electron chi connectivity index (χ4n) is 2.74. The standard InChI is InChI=1S/C22H24N4O2S/c1-14(2)21(28)23-17-11-9-16(10-12-17)19(27)13-29-22-25-24-20(26(22)4)18-8-6-5-7-15(18)3/h5-12,14H,13H2,1-4H3,(H,23,28). The van der Waals surface area contributed by atoms with Crippen LogP contribution in [0.1, 0.15) is 29.8 Å². The third kappa shape index (κ3) is 4.92. The molecule has 0 aliphatic rings. The Morgan fingerprint density at radius 2 is 1.76 bits per heavy atom. The van der Waals surface area contributed by atoms with Gasteiger partial charge < -0.3 is 9.88 Å². The normalized spacial score (nSPS) is 10.9. The van der Waals surface area contributed by atoms with Crippen molar-refractivity contribution in [1.82, 2.24) is 14.8 Å². The molecule has 1 amide bonds. The molecule has 0 saturated heterocycles. The van der Waals surface area contributed by atoms with Gasteiger partial charge in [-0.05, 0) is 36.8 Å². The van der Waals surface area contributed by atoms with E-state index in [1.54, 1.807) is 24.3 Å². The number of rotatable bonds is 7. The first-order valence-electron chi connectivity index (χ1n) is 9.39. The second-order valence-corrected chi connectivity index (χ2v) is 8.06. The van der Waals surface area contributed by atoms with Crippen molar-refractivity contribution in [2.45, 2.75) is 25.9 Å². The molecule has 150 valence electrons. The Balaban J connectivity index is 1.64. The number of aromatic nitrogens is 3. The second kappa shape index (κ2) is 9.05. The van der Waals surface area contributed by atoms with Gasteiger partial charge in [0.15, 0.2) is 16.8 Å². The third-order valence-corrected chi connectivity index (χ3v) is 5.57. The number of ketones is 1. The Bertz CT molecular complexity index is 1030.